The molecule has 2 heteroatoms. The molecule has 0 saturated heterocycles. The van der Waals surface area contributed by atoms with Crippen molar-refractivity contribution < 1.29 is 2.81 Å². The first-order chi connectivity index (χ1) is 6.93. The quantitative estimate of drug-likeness (QED) is 0.516. The first-order valence-electron chi connectivity index (χ1n) is 5.31. The van der Waals surface area contributed by atoms with Crippen LogP contribution in [0.5, 0.6) is 0 Å². The maximum absolute atomic E-state index is 5.75. The Morgan fingerprint density at radius 2 is 1.86 bits per heavy atom. The molecule has 1 nitrogen and oxygen atoms in total. The molecule has 0 bridgehead atoms. The zero-order valence-corrected chi connectivity index (χ0v) is 12.3. The van der Waals surface area contributed by atoms with E-state index in [9.17, 15) is 0 Å². The van der Waals surface area contributed by atoms with Crippen molar-refractivity contribution in [1.29, 1.82) is 0 Å². The molecule has 0 N–H and O–H groups in total. The molecule has 1 radical (unpaired) electrons. The van der Waals surface area contributed by atoms with Crippen molar-refractivity contribution in [2.24, 2.45) is 0 Å². The van der Waals surface area contributed by atoms with Gasteiger partial charge in [-0.3, -0.25) is 0 Å². The van der Waals surface area contributed by atoms with E-state index in [1.54, 1.807) is 0 Å². The van der Waals surface area contributed by atoms with E-state index in [2.05, 4.69) is 37.3 Å². The van der Waals surface area contributed by atoms with Gasteiger partial charge in [0, 0.05) is 0 Å². The third kappa shape index (κ3) is 5.72. The van der Waals surface area contributed by atoms with Gasteiger partial charge >= 0.3 is 99.3 Å². The standard InChI is InChI=1S/C6H13O.C6H5.Bi/c1-2-3-4-5-6-7;1-2-4-6-5-3-1;/h2-6H2,1H3;1-5H;/q-1;;+1. The molecule has 0 unspecified atom stereocenters. The van der Waals surface area contributed by atoms with E-state index >= 15 is 0 Å². The number of hydrogen-bond donors (Lipinski definition) is 0. The summed E-state index contributed by atoms with van der Waals surface area (Å²) in [5.74, 6) is 0. The second-order valence-corrected chi connectivity index (χ2v) is 7.04. The molecule has 0 atom stereocenters. The molecular formula is C12H18BiO. The summed E-state index contributed by atoms with van der Waals surface area (Å²) in [5, 5.41) is 0. The van der Waals surface area contributed by atoms with E-state index in [4.69, 9.17) is 2.81 Å². The van der Waals surface area contributed by atoms with Crippen molar-refractivity contribution in [3.05, 3.63) is 30.3 Å². The van der Waals surface area contributed by atoms with Crippen LogP contribution in [0.1, 0.15) is 32.6 Å². The van der Waals surface area contributed by atoms with Crippen LogP contribution in [0, 0.1) is 0 Å². The van der Waals surface area contributed by atoms with Gasteiger partial charge in [-0.15, -0.1) is 0 Å². The molecule has 0 amide bonds. The molecule has 1 aromatic rings. The van der Waals surface area contributed by atoms with Gasteiger partial charge in [0.15, 0.2) is 0 Å². The van der Waals surface area contributed by atoms with Crippen molar-refractivity contribution in [1.82, 2.24) is 0 Å². The summed E-state index contributed by atoms with van der Waals surface area (Å²) >= 11 is -0.806. The molecule has 0 heterocycles. The Labute approximate surface area is 99.1 Å². The van der Waals surface area contributed by atoms with E-state index in [1.807, 2.05) is 0 Å². The zero-order chi connectivity index (χ0) is 10.1. The van der Waals surface area contributed by atoms with E-state index in [-0.39, 0.29) is 0 Å². The molecule has 0 spiro atoms. The van der Waals surface area contributed by atoms with Gasteiger partial charge in [0.1, 0.15) is 0 Å². The molecule has 0 fully saturated rings. The first-order valence-corrected chi connectivity index (χ1v) is 8.47. The molecule has 0 aliphatic carbocycles. The monoisotopic (exact) mass is 387 g/mol. The Balaban J connectivity index is 1.99. The van der Waals surface area contributed by atoms with E-state index < -0.39 is 23.7 Å². The fraction of sp³-hybridized carbons (Fsp3) is 0.500. The third-order valence-electron chi connectivity index (χ3n) is 2.02. The van der Waals surface area contributed by atoms with Crippen LogP contribution in [0.4, 0.5) is 0 Å². The summed E-state index contributed by atoms with van der Waals surface area (Å²) in [5.41, 5.74) is 0. The van der Waals surface area contributed by atoms with Gasteiger partial charge in [-0.2, -0.15) is 0 Å². The predicted molar refractivity (Wildman–Crippen MR) is 61.9 cm³/mol. The summed E-state index contributed by atoms with van der Waals surface area (Å²) in [7, 11) is 0. The third-order valence-corrected chi connectivity index (χ3v) is 5.21. The Bertz CT molecular complexity index is 223. The minimum absolute atomic E-state index is 0.806. The minimum atomic E-state index is -0.806. The van der Waals surface area contributed by atoms with Gasteiger partial charge in [-0.05, 0) is 0 Å². The van der Waals surface area contributed by atoms with Crippen molar-refractivity contribution in [3.63, 3.8) is 0 Å². The van der Waals surface area contributed by atoms with Crippen LogP contribution >= 0.6 is 0 Å². The summed E-state index contributed by atoms with van der Waals surface area (Å²) in [4.78, 5) is 0. The van der Waals surface area contributed by atoms with E-state index in [0.29, 0.717) is 0 Å². The summed E-state index contributed by atoms with van der Waals surface area (Å²) in [6, 6.07) is 10.6. The van der Waals surface area contributed by atoms with Crippen LogP contribution in [-0.4, -0.2) is 30.3 Å². The normalized spacial score (nSPS) is 10.4. The average molecular weight is 387 g/mol. The van der Waals surface area contributed by atoms with Crippen LogP contribution in [0.15, 0.2) is 30.3 Å². The molecule has 1 aromatic carbocycles. The van der Waals surface area contributed by atoms with Crippen molar-refractivity contribution in [2.45, 2.75) is 32.6 Å². The Hall–Kier alpha value is 0.0631. The Morgan fingerprint density at radius 1 is 1.07 bits per heavy atom. The van der Waals surface area contributed by atoms with Crippen LogP contribution in [0.25, 0.3) is 0 Å². The number of unbranched alkanes of at least 4 members (excludes halogenated alkanes) is 3. The maximum atomic E-state index is 5.75. The Morgan fingerprint density at radius 3 is 2.57 bits per heavy atom. The number of rotatable bonds is 7. The van der Waals surface area contributed by atoms with Crippen LogP contribution in [0.2, 0.25) is 0 Å². The molecule has 0 aliphatic rings. The van der Waals surface area contributed by atoms with Gasteiger partial charge in [0.05, 0.1) is 0 Å². The van der Waals surface area contributed by atoms with Gasteiger partial charge < -0.3 is 0 Å². The van der Waals surface area contributed by atoms with Gasteiger partial charge in [0.2, 0.25) is 0 Å². The summed E-state index contributed by atoms with van der Waals surface area (Å²) in [6.45, 7) is 3.22. The second kappa shape index (κ2) is 8.38. The second-order valence-electron chi connectivity index (χ2n) is 3.32. The fourth-order valence-corrected chi connectivity index (χ4v) is 3.78. The van der Waals surface area contributed by atoms with Gasteiger partial charge in [0.25, 0.3) is 0 Å². The molecule has 0 saturated carbocycles. The topological polar surface area (TPSA) is 9.23 Å². The SMILES string of the molecule is CCCCCC[O][Bi][c]1ccccc1. The molecule has 77 valence electrons. The number of hydrogen-bond acceptors (Lipinski definition) is 1. The zero-order valence-electron chi connectivity index (χ0n) is 8.78. The average Bonchev–Trinajstić information content (AvgIpc) is 2.25. The first kappa shape index (κ1) is 12.1. The van der Waals surface area contributed by atoms with Crippen molar-refractivity contribution in [2.75, 3.05) is 6.61 Å². The van der Waals surface area contributed by atoms with Crippen molar-refractivity contribution >= 4 is 26.9 Å². The fourth-order valence-electron chi connectivity index (χ4n) is 1.20. The van der Waals surface area contributed by atoms with Crippen molar-refractivity contribution in [3.8, 4) is 0 Å². The number of benzene rings is 1. The van der Waals surface area contributed by atoms with Crippen LogP contribution in [0.3, 0.4) is 0 Å². The summed E-state index contributed by atoms with van der Waals surface area (Å²) in [6.07, 6.45) is 5.22. The molecular weight excluding hydrogens is 369 g/mol. The predicted octanol–water partition coefficient (Wildman–Crippen LogP) is 2.53. The molecule has 1 rings (SSSR count). The molecule has 0 aliphatic heterocycles. The summed E-state index contributed by atoms with van der Waals surface area (Å²) < 4.78 is 7.19. The van der Waals surface area contributed by atoms with Crippen LogP contribution < -0.4 is 3.27 Å². The molecule has 0 aromatic heterocycles. The van der Waals surface area contributed by atoms with Gasteiger partial charge in [-0.25, -0.2) is 0 Å². The van der Waals surface area contributed by atoms with E-state index in [0.717, 1.165) is 6.61 Å². The van der Waals surface area contributed by atoms with Crippen LogP contribution in [-0.2, 0) is 2.81 Å². The van der Waals surface area contributed by atoms with E-state index in [1.165, 1.54) is 29.0 Å². The molecule has 14 heavy (non-hydrogen) atoms. The van der Waals surface area contributed by atoms with Gasteiger partial charge in [-0.1, -0.05) is 0 Å². The Kier molecular flexibility index (Phi) is 7.26.